The molecule has 0 atom stereocenters. The van der Waals surface area contributed by atoms with E-state index in [1.165, 1.54) is 16.4 Å². The zero-order valence-corrected chi connectivity index (χ0v) is 12.3. The molecule has 2 N–H and O–H groups in total. The van der Waals surface area contributed by atoms with Gasteiger partial charge < -0.3 is 5.73 Å². The fourth-order valence-electron chi connectivity index (χ4n) is 1.96. The van der Waals surface area contributed by atoms with Crippen LogP contribution >= 0.6 is 11.8 Å². The third-order valence-electron chi connectivity index (χ3n) is 3.01. The highest BCUT2D eigenvalue weighted by Gasteiger charge is 2.28. The zero-order chi connectivity index (χ0) is 14.8. The van der Waals surface area contributed by atoms with Gasteiger partial charge >= 0.3 is 0 Å². The second kappa shape index (κ2) is 5.98. The van der Waals surface area contributed by atoms with Crippen molar-refractivity contribution in [1.29, 1.82) is 0 Å². The second-order valence-electron chi connectivity index (χ2n) is 4.35. The average molecular weight is 317 g/mol. The summed E-state index contributed by atoms with van der Waals surface area (Å²) in [5.41, 5.74) is 5.45. The van der Waals surface area contributed by atoms with Gasteiger partial charge in [-0.15, -0.1) is 0 Å². The molecule has 0 bridgehead atoms. The average Bonchev–Trinajstić information content (AvgIpc) is 2.68. The Balaban J connectivity index is 2.42. The van der Waals surface area contributed by atoms with Crippen LogP contribution in [-0.2, 0) is 10.0 Å². The van der Waals surface area contributed by atoms with Crippen LogP contribution in [0.25, 0.3) is 0 Å². The lowest BCUT2D eigenvalue weighted by atomic mass is 10.3. The Morgan fingerprint density at radius 1 is 1.30 bits per heavy atom. The maximum absolute atomic E-state index is 12.5. The fourth-order valence-corrected chi connectivity index (χ4v) is 4.58. The molecular weight excluding hydrogens is 302 g/mol. The van der Waals surface area contributed by atoms with E-state index < -0.39 is 14.9 Å². The highest BCUT2D eigenvalue weighted by atomic mass is 32.2. The molecule has 1 heterocycles. The highest BCUT2D eigenvalue weighted by molar-refractivity contribution is 7.99. The first-order chi connectivity index (χ1) is 9.43. The number of nitrogens with zero attached hydrogens (tertiary/aromatic N) is 2. The number of anilines is 1. The third-order valence-corrected chi connectivity index (χ3v) is 6.01. The summed E-state index contributed by atoms with van der Waals surface area (Å²) in [7, 11) is -3.78. The van der Waals surface area contributed by atoms with Crippen LogP contribution in [0.1, 0.15) is 6.42 Å². The number of hydrogen-bond donors (Lipinski definition) is 1. The lowest BCUT2D eigenvalue weighted by Gasteiger charge is -2.20. The summed E-state index contributed by atoms with van der Waals surface area (Å²) in [4.78, 5) is 9.97. The lowest BCUT2D eigenvalue weighted by Crippen LogP contribution is -2.33. The molecule has 0 radical (unpaired) electrons. The number of nitro groups is 1. The lowest BCUT2D eigenvalue weighted by molar-refractivity contribution is -0.385. The van der Waals surface area contributed by atoms with E-state index in [9.17, 15) is 18.5 Å². The molecule has 0 spiro atoms. The van der Waals surface area contributed by atoms with Gasteiger partial charge in [-0.2, -0.15) is 16.1 Å². The summed E-state index contributed by atoms with van der Waals surface area (Å²) in [6, 6.07) is 3.49. The number of hydrogen-bond acceptors (Lipinski definition) is 6. The molecule has 0 aromatic heterocycles. The van der Waals surface area contributed by atoms with Gasteiger partial charge in [0.1, 0.15) is 4.90 Å². The summed E-state index contributed by atoms with van der Waals surface area (Å²) in [5, 5.41) is 10.8. The Hall–Kier alpha value is -1.32. The molecular formula is C11H15N3O4S2. The third kappa shape index (κ3) is 3.05. The quantitative estimate of drug-likeness (QED) is 0.511. The van der Waals surface area contributed by atoms with Gasteiger partial charge in [-0.25, -0.2) is 8.42 Å². The number of non-ortho nitro benzene ring substituents is 1. The molecule has 2 rings (SSSR count). The van der Waals surface area contributed by atoms with Crippen molar-refractivity contribution in [3.05, 3.63) is 28.3 Å². The van der Waals surface area contributed by atoms with Gasteiger partial charge in [-0.3, -0.25) is 10.1 Å². The van der Waals surface area contributed by atoms with Crippen molar-refractivity contribution in [1.82, 2.24) is 4.31 Å². The minimum atomic E-state index is -3.78. The molecule has 110 valence electrons. The van der Waals surface area contributed by atoms with E-state index in [2.05, 4.69) is 0 Å². The normalized spacial score (nSPS) is 17.6. The number of sulfonamides is 1. The standard InChI is InChI=1S/C11H15N3O4S2/c12-10-3-2-9(14(15)16)8-11(10)20(17,18)13-4-1-6-19-7-5-13/h2-3,8H,1,4-7,12H2. The van der Waals surface area contributed by atoms with Gasteiger partial charge in [0, 0.05) is 31.0 Å². The molecule has 1 fully saturated rings. The highest BCUT2D eigenvalue weighted by Crippen LogP contribution is 2.28. The number of nitro benzene ring substituents is 1. The molecule has 7 nitrogen and oxygen atoms in total. The zero-order valence-electron chi connectivity index (χ0n) is 10.7. The Kier molecular flexibility index (Phi) is 4.51. The summed E-state index contributed by atoms with van der Waals surface area (Å²) >= 11 is 1.70. The van der Waals surface area contributed by atoms with Crippen LogP contribution in [0.5, 0.6) is 0 Å². The van der Waals surface area contributed by atoms with Crippen LogP contribution in [-0.4, -0.2) is 42.2 Å². The molecule has 0 saturated carbocycles. The van der Waals surface area contributed by atoms with Crippen LogP contribution < -0.4 is 5.73 Å². The van der Waals surface area contributed by atoms with Crippen molar-refractivity contribution < 1.29 is 13.3 Å². The van der Waals surface area contributed by atoms with E-state index >= 15 is 0 Å². The van der Waals surface area contributed by atoms with Gasteiger partial charge in [0.05, 0.1) is 10.6 Å². The minimum Gasteiger partial charge on any atom is -0.398 e. The van der Waals surface area contributed by atoms with Crippen molar-refractivity contribution in [3.63, 3.8) is 0 Å². The molecule has 20 heavy (non-hydrogen) atoms. The number of thioether (sulfide) groups is 1. The van der Waals surface area contributed by atoms with Gasteiger partial charge in [-0.1, -0.05) is 0 Å². The Bertz CT molecular complexity index is 610. The summed E-state index contributed by atoms with van der Waals surface area (Å²) < 4.78 is 26.4. The number of rotatable bonds is 3. The minimum absolute atomic E-state index is 0.0347. The van der Waals surface area contributed by atoms with Crippen LogP contribution in [0.2, 0.25) is 0 Å². The van der Waals surface area contributed by atoms with Gasteiger partial charge in [0.15, 0.2) is 0 Å². The second-order valence-corrected chi connectivity index (χ2v) is 7.48. The van der Waals surface area contributed by atoms with Crippen LogP contribution in [0, 0.1) is 10.1 Å². The van der Waals surface area contributed by atoms with Crippen molar-refractivity contribution in [3.8, 4) is 0 Å². The van der Waals surface area contributed by atoms with Crippen molar-refractivity contribution in [2.45, 2.75) is 11.3 Å². The molecule has 1 aromatic rings. The molecule has 0 unspecified atom stereocenters. The van der Waals surface area contributed by atoms with Crippen LogP contribution in [0.15, 0.2) is 23.1 Å². The van der Waals surface area contributed by atoms with E-state index in [1.54, 1.807) is 11.8 Å². The molecule has 0 amide bonds. The van der Waals surface area contributed by atoms with Gasteiger partial charge in [0.25, 0.3) is 5.69 Å². The molecule has 1 aliphatic heterocycles. The largest absolute Gasteiger partial charge is 0.398 e. The first-order valence-electron chi connectivity index (χ1n) is 6.05. The molecule has 1 aliphatic rings. The van der Waals surface area contributed by atoms with E-state index in [0.29, 0.717) is 18.8 Å². The predicted molar refractivity (Wildman–Crippen MR) is 78.2 cm³/mol. The van der Waals surface area contributed by atoms with Crippen molar-refractivity contribution in [2.75, 3.05) is 30.3 Å². The van der Waals surface area contributed by atoms with Crippen LogP contribution in [0.3, 0.4) is 0 Å². The molecule has 9 heteroatoms. The Labute approximate surface area is 121 Å². The van der Waals surface area contributed by atoms with E-state index in [1.807, 2.05) is 0 Å². The topological polar surface area (TPSA) is 107 Å². The number of benzene rings is 1. The Morgan fingerprint density at radius 3 is 2.75 bits per heavy atom. The number of nitrogens with two attached hydrogens (primary N) is 1. The maximum Gasteiger partial charge on any atom is 0.270 e. The van der Waals surface area contributed by atoms with Gasteiger partial charge in [-0.05, 0) is 18.2 Å². The van der Waals surface area contributed by atoms with Crippen molar-refractivity contribution >= 4 is 33.2 Å². The summed E-state index contributed by atoms with van der Waals surface area (Å²) in [5.74, 6) is 1.63. The first kappa shape index (κ1) is 15.1. The maximum atomic E-state index is 12.5. The van der Waals surface area contributed by atoms with Crippen LogP contribution in [0.4, 0.5) is 11.4 Å². The van der Waals surface area contributed by atoms with E-state index in [0.717, 1.165) is 18.2 Å². The van der Waals surface area contributed by atoms with Gasteiger partial charge in [0.2, 0.25) is 10.0 Å². The molecule has 0 aliphatic carbocycles. The molecule has 1 aromatic carbocycles. The van der Waals surface area contributed by atoms with E-state index in [-0.39, 0.29) is 16.3 Å². The smallest absolute Gasteiger partial charge is 0.270 e. The summed E-state index contributed by atoms with van der Waals surface area (Å²) in [6.45, 7) is 0.812. The monoisotopic (exact) mass is 317 g/mol. The van der Waals surface area contributed by atoms with Crippen molar-refractivity contribution in [2.24, 2.45) is 0 Å². The predicted octanol–water partition coefficient (Wildman–Crippen LogP) is 1.30. The van der Waals surface area contributed by atoms with E-state index in [4.69, 9.17) is 5.73 Å². The SMILES string of the molecule is Nc1ccc([N+](=O)[O-])cc1S(=O)(=O)N1CCCSCC1. The Morgan fingerprint density at radius 2 is 2.05 bits per heavy atom. The number of nitrogen functional groups attached to an aromatic ring is 1. The summed E-state index contributed by atoms with van der Waals surface area (Å²) in [6.07, 6.45) is 0.763. The first-order valence-corrected chi connectivity index (χ1v) is 8.64. The molecule has 1 saturated heterocycles. The fraction of sp³-hybridized carbons (Fsp3) is 0.455.